The normalized spacial score (nSPS) is 15.0. The summed E-state index contributed by atoms with van der Waals surface area (Å²) in [5.74, 6) is -1.51. The molecule has 26 heavy (non-hydrogen) atoms. The molecule has 1 aliphatic rings. The van der Waals surface area contributed by atoms with Gasteiger partial charge in [0.1, 0.15) is 5.56 Å². The van der Waals surface area contributed by atoms with Gasteiger partial charge in [-0.15, -0.1) is 0 Å². The first-order valence-corrected chi connectivity index (χ1v) is 8.38. The highest BCUT2D eigenvalue weighted by atomic mass is 19.1. The molecule has 0 unspecified atom stereocenters. The molecule has 2 heterocycles. The number of carbonyl (C=O) groups is 1. The minimum Gasteiger partial charge on any atom is -0.494 e. The van der Waals surface area contributed by atoms with Crippen LogP contribution in [0.2, 0.25) is 0 Å². The molecule has 0 amide bonds. The number of nitrogens with zero attached hydrogens (tertiary/aromatic N) is 1. The van der Waals surface area contributed by atoms with E-state index in [4.69, 9.17) is 9.47 Å². The summed E-state index contributed by atoms with van der Waals surface area (Å²) < 4.78 is 26.0. The molecule has 6 nitrogen and oxygen atoms in total. The minimum atomic E-state index is -1.30. The van der Waals surface area contributed by atoms with Crippen molar-refractivity contribution in [3.8, 4) is 16.9 Å². The van der Waals surface area contributed by atoms with Gasteiger partial charge in [-0.2, -0.15) is 0 Å². The summed E-state index contributed by atoms with van der Waals surface area (Å²) >= 11 is 0. The number of aromatic nitrogens is 1. The number of rotatable bonds is 5. The summed E-state index contributed by atoms with van der Waals surface area (Å²) in [4.78, 5) is 24.0. The molecule has 1 saturated heterocycles. The van der Waals surface area contributed by atoms with Gasteiger partial charge < -0.3 is 19.1 Å². The first kappa shape index (κ1) is 18.1. The fraction of sp³-hybridized carbons (Fsp3) is 0.368. The lowest BCUT2D eigenvalue weighted by molar-refractivity contribution is 0.0609. The van der Waals surface area contributed by atoms with Crippen molar-refractivity contribution >= 4 is 5.97 Å². The van der Waals surface area contributed by atoms with Gasteiger partial charge >= 0.3 is 5.97 Å². The zero-order chi connectivity index (χ0) is 18.7. The average molecular weight is 361 g/mol. The number of methoxy groups -OCH3 is 1. The van der Waals surface area contributed by atoms with Crippen LogP contribution in [0.1, 0.15) is 23.2 Å². The van der Waals surface area contributed by atoms with Crippen molar-refractivity contribution in [2.75, 3.05) is 20.3 Å². The van der Waals surface area contributed by atoms with E-state index in [1.54, 1.807) is 16.8 Å². The van der Waals surface area contributed by atoms with Crippen LogP contribution in [-0.2, 0) is 11.3 Å². The molecule has 7 heteroatoms. The Hall–Kier alpha value is -2.67. The van der Waals surface area contributed by atoms with E-state index in [1.807, 2.05) is 0 Å². The van der Waals surface area contributed by atoms with E-state index in [2.05, 4.69) is 0 Å². The largest absolute Gasteiger partial charge is 0.494 e. The zero-order valence-corrected chi connectivity index (χ0v) is 14.4. The van der Waals surface area contributed by atoms with Crippen molar-refractivity contribution < 1.29 is 23.8 Å². The number of benzene rings is 1. The maximum atomic E-state index is 14.0. The van der Waals surface area contributed by atoms with Crippen molar-refractivity contribution in [2.45, 2.75) is 19.4 Å². The summed E-state index contributed by atoms with van der Waals surface area (Å²) in [6, 6.07) is 4.14. The molecule has 1 aromatic carbocycles. The van der Waals surface area contributed by atoms with Crippen LogP contribution in [0.25, 0.3) is 11.1 Å². The molecule has 0 atom stereocenters. The number of ether oxygens (including phenoxy) is 2. The van der Waals surface area contributed by atoms with E-state index in [1.165, 1.54) is 25.4 Å². The van der Waals surface area contributed by atoms with Crippen LogP contribution in [0.15, 0.2) is 35.4 Å². The highest BCUT2D eigenvalue weighted by molar-refractivity contribution is 5.88. The number of carboxylic acid groups (broad SMARTS) is 1. The summed E-state index contributed by atoms with van der Waals surface area (Å²) in [5, 5.41) is 9.38. The number of pyridine rings is 1. The average Bonchev–Trinajstić information content (AvgIpc) is 2.63. The molecule has 138 valence electrons. The maximum absolute atomic E-state index is 14.0. The van der Waals surface area contributed by atoms with Crippen LogP contribution < -0.4 is 10.2 Å². The Morgan fingerprint density at radius 2 is 2.08 bits per heavy atom. The molecule has 0 spiro atoms. The van der Waals surface area contributed by atoms with Gasteiger partial charge in [0.2, 0.25) is 5.43 Å². The molecule has 0 saturated carbocycles. The van der Waals surface area contributed by atoms with Crippen molar-refractivity contribution in [1.82, 2.24) is 4.57 Å². The van der Waals surface area contributed by atoms with Gasteiger partial charge in [-0.3, -0.25) is 4.79 Å². The molecule has 3 rings (SSSR count). The molecule has 2 aromatic rings. The Balaban J connectivity index is 2.04. The number of hydrogen-bond donors (Lipinski definition) is 1. The topological polar surface area (TPSA) is 77.8 Å². The fourth-order valence-corrected chi connectivity index (χ4v) is 3.16. The Kier molecular flexibility index (Phi) is 5.37. The van der Waals surface area contributed by atoms with Crippen LogP contribution >= 0.6 is 0 Å². The Bertz CT molecular complexity index is 871. The SMILES string of the molecule is COc1ccc(-c2cn(CC3CCOCC3)cc(C(=O)O)c2=O)cc1F. The third-order valence-electron chi connectivity index (χ3n) is 4.58. The third kappa shape index (κ3) is 3.77. The standard InChI is InChI=1S/C19H20FNO5/c1-25-17-3-2-13(8-16(17)20)14-10-21(9-12-4-6-26-7-5-12)11-15(18(14)22)19(23)24/h2-3,8,10-12H,4-7,9H2,1H3,(H,23,24). The molecule has 1 fully saturated rings. The zero-order valence-electron chi connectivity index (χ0n) is 14.4. The predicted octanol–water partition coefficient (Wildman–Crippen LogP) is 2.79. The monoisotopic (exact) mass is 361 g/mol. The molecule has 0 radical (unpaired) electrons. The third-order valence-corrected chi connectivity index (χ3v) is 4.58. The molecule has 1 aromatic heterocycles. The lowest BCUT2D eigenvalue weighted by Crippen LogP contribution is -2.24. The van der Waals surface area contributed by atoms with E-state index in [9.17, 15) is 19.1 Å². The Labute approximate surface area is 149 Å². The van der Waals surface area contributed by atoms with Gasteiger partial charge in [0.25, 0.3) is 0 Å². The summed E-state index contributed by atoms with van der Waals surface area (Å²) in [6.07, 6.45) is 4.69. The quantitative estimate of drug-likeness (QED) is 0.886. The first-order valence-electron chi connectivity index (χ1n) is 8.38. The Morgan fingerprint density at radius 1 is 1.35 bits per heavy atom. The summed E-state index contributed by atoms with van der Waals surface area (Å²) in [6.45, 7) is 1.93. The summed E-state index contributed by atoms with van der Waals surface area (Å²) in [7, 11) is 1.35. The second-order valence-electron chi connectivity index (χ2n) is 6.32. The van der Waals surface area contributed by atoms with Gasteiger partial charge in [0, 0.05) is 37.7 Å². The van der Waals surface area contributed by atoms with Crippen LogP contribution in [0.3, 0.4) is 0 Å². The van der Waals surface area contributed by atoms with Gasteiger partial charge in [0.05, 0.1) is 7.11 Å². The number of carboxylic acids is 1. The van der Waals surface area contributed by atoms with E-state index in [0.29, 0.717) is 31.2 Å². The van der Waals surface area contributed by atoms with Crippen LogP contribution in [-0.4, -0.2) is 36.0 Å². The van der Waals surface area contributed by atoms with E-state index in [0.717, 1.165) is 12.8 Å². The number of halogens is 1. The highest BCUT2D eigenvalue weighted by Crippen LogP contribution is 2.25. The smallest absolute Gasteiger partial charge is 0.341 e. The van der Waals surface area contributed by atoms with Crippen molar-refractivity contribution in [3.05, 3.63) is 52.2 Å². The molecular weight excluding hydrogens is 341 g/mol. The lowest BCUT2D eigenvalue weighted by atomic mass is 9.99. The van der Waals surface area contributed by atoms with Gasteiger partial charge in [-0.05, 0) is 36.5 Å². The first-order chi connectivity index (χ1) is 12.5. The molecule has 1 N–H and O–H groups in total. The molecule has 0 bridgehead atoms. The second-order valence-corrected chi connectivity index (χ2v) is 6.32. The number of aromatic carboxylic acids is 1. The highest BCUT2D eigenvalue weighted by Gasteiger charge is 2.19. The van der Waals surface area contributed by atoms with E-state index >= 15 is 0 Å². The van der Waals surface area contributed by atoms with Crippen molar-refractivity contribution in [3.63, 3.8) is 0 Å². The lowest BCUT2D eigenvalue weighted by Gasteiger charge is -2.23. The van der Waals surface area contributed by atoms with Gasteiger partial charge in [0.15, 0.2) is 11.6 Å². The van der Waals surface area contributed by atoms with Gasteiger partial charge in [-0.25, -0.2) is 9.18 Å². The van der Waals surface area contributed by atoms with Crippen LogP contribution in [0.4, 0.5) is 4.39 Å². The molecular formula is C19H20FNO5. The second kappa shape index (κ2) is 7.70. The maximum Gasteiger partial charge on any atom is 0.341 e. The predicted molar refractivity (Wildman–Crippen MR) is 93.2 cm³/mol. The molecule has 1 aliphatic heterocycles. The fourth-order valence-electron chi connectivity index (χ4n) is 3.16. The van der Waals surface area contributed by atoms with Crippen molar-refractivity contribution in [2.24, 2.45) is 5.92 Å². The Morgan fingerprint density at radius 3 is 2.69 bits per heavy atom. The van der Waals surface area contributed by atoms with E-state index in [-0.39, 0.29) is 16.9 Å². The van der Waals surface area contributed by atoms with E-state index < -0.39 is 17.2 Å². The molecule has 0 aliphatic carbocycles. The van der Waals surface area contributed by atoms with Crippen LogP contribution in [0.5, 0.6) is 5.75 Å². The number of hydrogen-bond acceptors (Lipinski definition) is 4. The minimum absolute atomic E-state index is 0.0608. The van der Waals surface area contributed by atoms with Crippen LogP contribution in [0, 0.1) is 11.7 Å². The summed E-state index contributed by atoms with van der Waals surface area (Å²) in [5.41, 5.74) is -0.494. The van der Waals surface area contributed by atoms with Gasteiger partial charge in [-0.1, -0.05) is 6.07 Å². The van der Waals surface area contributed by atoms with Crippen molar-refractivity contribution in [1.29, 1.82) is 0 Å².